The second-order valence-corrected chi connectivity index (χ2v) is 5.80. The zero-order valence-corrected chi connectivity index (χ0v) is 12.0. The average molecular weight is 298 g/mol. The molecular weight excluding hydrogens is 284 g/mol. The summed E-state index contributed by atoms with van der Waals surface area (Å²) in [5.74, 6) is -0.147. The number of rotatable bonds is 3. The summed E-state index contributed by atoms with van der Waals surface area (Å²) in [6, 6.07) is 14.6. The number of amides is 1. The van der Waals surface area contributed by atoms with Gasteiger partial charge in [0.25, 0.3) is 5.91 Å². The summed E-state index contributed by atoms with van der Waals surface area (Å²) in [6.07, 6.45) is 0. The van der Waals surface area contributed by atoms with Crippen molar-refractivity contribution < 1.29 is 9.90 Å². The molecule has 0 atom stereocenters. The first-order valence-electron chi connectivity index (χ1n) is 6.46. The second-order valence-electron chi connectivity index (χ2n) is 4.72. The summed E-state index contributed by atoms with van der Waals surface area (Å²) in [5, 5.41) is 12.8. The maximum Gasteiger partial charge on any atom is 0.265 e. The van der Waals surface area contributed by atoms with Gasteiger partial charge >= 0.3 is 0 Å². The Bertz CT molecular complexity index is 794. The standard InChI is InChI=1S/C16H14N2O2S/c17-12-3-6-14-11(7-12)8-15(21-14)16(20)18-13-4-1-10(9-19)2-5-13/h1-8,19H,9,17H2,(H,18,20). The number of nitrogens with one attached hydrogen (secondary N) is 1. The van der Waals surface area contributed by atoms with E-state index in [0.717, 1.165) is 15.6 Å². The van der Waals surface area contributed by atoms with Gasteiger partial charge in [-0.3, -0.25) is 4.79 Å². The van der Waals surface area contributed by atoms with Crippen LogP contribution in [0.2, 0.25) is 0 Å². The molecule has 0 saturated carbocycles. The molecule has 0 unspecified atom stereocenters. The number of aliphatic hydroxyl groups is 1. The van der Waals surface area contributed by atoms with Crippen LogP contribution >= 0.6 is 11.3 Å². The van der Waals surface area contributed by atoms with E-state index in [0.29, 0.717) is 16.3 Å². The van der Waals surface area contributed by atoms with Crippen molar-refractivity contribution in [2.24, 2.45) is 0 Å². The summed E-state index contributed by atoms with van der Waals surface area (Å²) in [7, 11) is 0. The highest BCUT2D eigenvalue weighted by molar-refractivity contribution is 7.20. The highest BCUT2D eigenvalue weighted by Crippen LogP contribution is 2.27. The van der Waals surface area contributed by atoms with E-state index in [1.54, 1.807) is 24.3 Å². The first kappa shape index (κ1) is 13.6. The normalized spacial score (nSPS) is 10.7. The van der Waals surface area contributed by atoms with Gasteiger partial charge < -0.3 is 16.2 Å². The molecule has 1 amide bonds. The van der Waals surface area contributed by atoms with Crippen molar-refractivity contribution in [1.29, 1.82) is 0 Å². The Morgan fingerprint density at radius 2 is 1.90 bits per heavy atom. The van der Waals surface area contributed by atoms with Crippen LogP contribution in [0, 0.1) is 0 Å². The van der Waals surface area contributed by atoms with Crippen molar-refractivity contribution in [3.63, 3.8) is 0 Å². The van der Waals surface area contributed by atoms with E-state index in [4.69, 9.17) is 10.8 Å². The number of nitrogens with two attached hydrogens (primary N) is 1. The van der Waals surface area contributed by atoms with Crippen LogP contribution in [0.3, 0.4) is 0 Å². The molecule has 5 heteroatoms. The smallest absolute Gasteiger partial charge is 0.265 e. The first-order chi connectivity index (χ1) is 10.2. The quantitative estimate of drug-likeness (QED) is 0.650. The highest BCUT2D eigenvalue weighted by Gasteiger charge is 2.10. The molecule has 0 bridgehead atoms. The molecule has 4 nitrogen and oxygen atoms in total. The minimum absolute atomic E-state index is 0.00797. The van der Waals surface area contributed by atoms with Gasteiger partial charge in [-0.05, 0) is 47.3 Å². The van der Waals surface area contributed by atoms with Crippen LogP contribution in [0.5, 0.6) is 0 Å². The Morgan fingerprint density at radius 1 is 1.14 bits per heavy atom. The largest absolute Gasteiger partial charge is 0.399 e. The molecule has 0 fully saturated rings. The first-order valence-corrected chi connectivity index (χ1v) is 7.27. The number of anilines is 2. The van der Waals surface area contributed by atoms with E-state index in [2.05, 4.69) is 5.32 Å². The van der Waals surface area contributed by atoms with Crippen LogP contribution < -0.4 is 11.1 Å². The number of aliphatic hydroxyl groups excluding tert-OH is 1. The minimum atomic E-state index is -0.147. The summed E-state index contributed by atoms with van der Waals surface area (Å²) in [6.45, 7) is -0.00797. The van der Waals surface area contributed by atoms with Crippen LogP contribution in [0.4, 0.5) is 11.4 Å². The molecule has 0 aliphatic rings. The van der Waals surface area contributed by atoms with Gasteiger partial charge in [-0.2, -0.15) is 0 Å². The summed E-state index contributed by atoms with van der Waals surface area (Å²) >= 11 is 1.43. The molecule has 1 heterocycles. The topological polar surface area (TPSA) is 75.4 Å². The molecule has 106 valence electrons. The molecule has 1 aromatic heterocycles. The van der Waals surface area contributed by atoms with Gasteiger partial charge in [-0.25, -0.2) is 0 Å². The fourth-order valence-corrected chi connectivity index (χ4v) is 3.00. The number of fused-ring (bicyclic) bond motifs is 1. The Morgan fingerprint density at radius 3 is 2.62 bits per heavy atom. The summed E-state index contributed by atoms with van der Waals surface area (Å²) in [5.41, 5.74) is 7.94. The van der Waals surface area contributed by atoms with Gasteiger partial charge in [-0.1, -0.05) is 12.1 Å². The van der Waals surface area contributed by atoms with E-state index in [1.165, 1.54) is 11.3 Å². The van der Waals surface area contributed by atoms with Crippen LogP contribution in [-0.4, -0.2) is 11.0 Å². The average Bonchev–Trinajstić information content (AvgIpc) is 2.91. The second kappa shape index (κ2) is 5.55. The van der Waals surface area contributed by atoms with E-state index < -0.39 is 0 Å². The third-order valence-electron chi connectivity index (χ3n) is 3.16. The number of hydrogen-bond donors (Lipinski definition) is 3. The zero-order valence-electron chi connectivity index (χ0n) is 11.2. The lowest BCUT2D eigenvalue weighted by Gasteiger charge is -2.04. The molecule has 0 aliphatic heterocycles. The number of hydrogen-bond acceptors (Lipinski definition) is 4. The van der Waals surface area contributed by atoms with E-state index in [1.807, 2.05) is 24.3 Å². The molecule has 21 heavy (non-hydrogen) atoms. The summed E-state index contributed by atoms with van der Waals surface area (Å²) < 4.78 is 1.03. The fraction of sp³-hybridized carbons (Fsp3) is 0.0625. The Kier molecular flexibility index (Phi) is 3.60. The number of benzene rings is 2. The van der Waals surface area contributed by atoms with Gasteiger partial charge in [0, 0.05) is 16.1 Å². The molecular formula is C16H14N2O2S. The highest BCUT2D eigenvalue weighted by atomic mass is 32.1. The summed E-state index contributed by atoms with van der Waals surface area (Å²) in [4.78, 5) is 12.9. The number of carbonyl (C=O) groups excluding carboxylic acids is 1. The molecule has 0 spiro atoms. The van der Waals surface area contributed by atoms with Gasteiger partial charge in [0.2, 0.25) is 0 Å². The van der Waals surface area contributed by atoms with E-state index >= 15 is 0 Å². The predicted molar refractivity (Wildman–Crippen MR) is 86.6 cm³/mol. The molecule has 4 N–H and O–H groups in total. The molecule has 0 saturated heterocycles. The minimum Gasteiger partial charge on any atom is -0.399 e. The van der Waals surface area contributed by atoms with Crippen molar-refractivity contribution >= 4 is 38.7 Å². The number of thiophene rings is 1. The van der Waals surface area contributed by atoms with Crippen molar-refractivity contribution in [1.82, 2.24) is 0 Å². The maximum absolute atomic E-state index is 12.2. The molecule has 3 rings (SSSR count). The molecule has 2 aromatic carbocycles. The third-order valence-corrected chi connectivity index (χ3v) is 4.27. The van der Waals surface area contributed by atoms with E-state index in [-0.39, 0.29) is 12.5 Å². The van der Waals surface area contributed by atoms with Crippen molar-refractivity contribution in [2.75, 3.05) is 11.1 Å². The molecule has 0 aliphatic carbocycles. The lowest BCUT2D eigenvalue weighted by molar-refractivity contribution is 0.103. The Hall–Kier alpha value is -2.37. The monoisotopic (exact) mass is 298 g/mol. The predicted octanol–water partition coefficient (Wildman–Crippen LogP) is 3.23. The lowest BCUT2D eigenvalue weighted by atomic mass is 10.2. The van der Waals surface area contributed by atoms with Crippen molar-refractivity contribution in [2.45, 2.75) is 6.61 Å². The third kappa shape index (κ3) is 2.89. The number of nitrogen functional groups attached to an aromatic ring is 1. The van der Waals surface area contributed by atoms with Crippen molar-refractivity contribution in [3.05, 3.63) is 59.0 Å². The van der Waals surface area contributed by atoms with Crippen LogP contribution in [0.25, 0.3) is 10.1 Å². The lowest BCUT2D eigenvalue weighted by Crippen LogP contribution is -2.09. The fourth-order valence-electron chi connectivity index (χ4n) is 2.06. The maximum atomic E-state index is 12.2. The SMILES string of the molecule is Nc1ccc2sc(C(=O)Nc3ccc(CO)cc3)cc2c1. The van der Waals surface area contributed by atoms with Crippen LogP contribution in [0.1, 0.15) is 15.2 Å². The van der Waals surface area contributed by atoms with E-state index in [9.17, 15) is 4.79 Å². The Balaban J connectivity index is 1.82. The van der Waals surface area contributed by atoms with Crippen LogP contribution in [-0.2, 0) is 6.61 Å². The van der Waals surface area contributed by atoms with Crippen LogP contribution in [0.15, 0.2) is 48.5 Å². The number of carbonyl (C=O) groups is 1. The van der Waals surface area contributed by atoms with Gasteiger partial charge in [0.1, 0.15) is 0 Å². The van der Waals surface area contributed by atoms with Gasteiger partial charge in [-0.15, -0.1) is 11.3 Å². The molecule has 0 radical (unpaired) electrons. The Labute approximate surface area is 125 Å². The van der Waals surface area contributed by atoms with Gasteiger partial charge in [0.15, 0.2) is 0 Å². The van der Waals surface area contributed by atoms with Gasteiger partial charge in [0.05, 0.1) is 11.5 Å². The van der Waals surface area contributed by atoms with Crippen molar-refractivity contribution in [3.8, 4) is 0 Å². The molecule has 3 aromatic rings. The zero-order chi connectivity index (χ0) is 14.8.